The van der Waals surface area contributed by atoms with Crippen LogP contribution in [-0.2, 0) is 4.74 Å². The van der Waals surface area contributed by atoms with Crippen LogP contribution in [0.2, 0.25) is 0 Å². The Kier molecular flexibility index (Phi) is 8.18. The van der Waals surface area contributed by atoms with E-state index in [4.69, 9.17) is 4.74 Å². The standard InChI is InChI=1S/C18H28BrN3O/c1-5-10-18(14-20,12-11-17(3,21-4)23-6-2)16-9-7-8-15(19)13-22-16/h7-8,13,21H,5-6,9-12H2,1-4H3. The highest BCUT2D eigenvalue weighted by Gasteiger charge is 2.37. The molecule has 1 N–H and O–H groups in total. The van der Waals surface area contributed by atoms with Crippen LogP contribution < -0.4 is 5.32 Å². The van der Waals surface area contributed by atoms with Crippen molar-refractivity contribution in [3.8, 4) is 6.07 Å². The third-order valence-corrected chi connectivity index (χ3v) is 4.86. The number of nitrogens with one attached hydrogen (secondary N) is 1. The summed E-state index contributed by atoms with van der Waals surface area (Å²) in [6.45, 7) is 6.78. The molecule has 1 heterocycles. The Morgan fingerprint density at radius 2 is 2.13 bits per heavy atom. The van der Waals surface area contributed by atoms with Crippen LogP contribution in [0.5, 0.6) is 0 Å². The molecule has 0 radical (unpaired) electrons. The van der Waals surface area contributed by atoms with Crippen LogP contribution in [-0.4, -0.2) is 25.1 Å². The minimum atomic E-state index is -0.539. The maximum atomic E-state index is 9.97. The number of allylic oxidation sites excluding steroid dienone is 3. The van der Waals surface area contributed by atoms with Gasteiger partial charge in [-0.25, -0.2) is 0 Å². The Morgan fingerprint density at radius 1 is 1.39 bits per heavy atom. The van der Waals surface area contributed by atoms with E-state index in [0.29, 0.717) is 13.0 Å². The van der Waals surface area contributed by atoms with Crippen molar-refractivity contribution in [1.29, 1.82) is 5.26 Å². The van der Waals surface area contributed by atoms with Gasteiger partial charge in [0, 0.05) is 29.4 Å². The molecule has 5 heteroatoms. The zero-order valence-electron chi connectivity index (χ0n) is 14.7. The van der Waals surface area contributed by atoms with Crippen LogP contribution in [0.4, 0.5) is 0 Å². The van der Waals surface area contributed by atoms with Gasteiger partial charge in [-0.15, -0.1) is 0 Å². The van der Waals surface area contributed by atoms with Gasteiger partial charge in [-0.05, 0) is 56.1 Å². The molecule has 1 aliphatic rings. The number of hydrogen-bond donors (Lipinski definition) is 1. The van der Waals surface area contributed by atoms with E-state index in [2.05, 4.69) is 45.3 Å². The van der Waals surface area contributed by atoms with Crippen LogP contribution in [0.3, 0.4) is 0 Å². The van der Waals surface area contributed by atoms with E-state index < -0.39 is 11.1 Å². The van der Waals surface area contributed by atoms with E-state index in [1.165, 1.54) is 0 Å². The minimum Gasteiger partial charge on any atom is -0.361 e. The highest BCUT2D eigenvalue weighted by atomic mass is 79.9. The summed E-state index contributed by atoms with van der Waals surface area (Å²) in [5.74, 6) is 0. The van der Waals surface area contributed by atoms with Crippen molar-refractivity contribution in [3.05, 3.63) is 22.8 Å². The van der Waals surface area contributed by atoms with Crippen LogP contribution in [0.15, 0.2) is 27.8 Å². The summed E-state index contributed by atoms with van der Waals surface area (Å²) in [4.78, 5) is 4.60. The lowest BCUT2D eigenvalue weighted by molar-refractivity contribution is -0.0558. The molecule has 1 rings (SSSR count). The van der Waals surface area contributed by atoms with E-state index in [9.17, 15) is 5.26 Å². The summed E-state index contributed by atoms with van der Waals surface area (Å²) < 4.78 is 6.77. The normalized spacial score (nSPS) is 19.8. The number of aliphatic imine (C=N–C) groups is 1. The number of halogens is 1. The minimum absolute atomic E-state index is 0.415. The topological polar surface area (TPSA) is 57.4 Å². The zero-order valence-corrected chi connectivity index (χ0v) is 16.2. The molecule has 1 aliphatic heterocycles. The molecule has 0 aromatic heterocycles. The van der Waals surface area contributed by atoms with E-state index in [1.807, 2.05) is 27.0 Å². The van der Waals surface area contributed by atoms with Crippen LogP contribution in [0.25, 0.3) is 0 Å². The molecule has 0 saturated heterocycles. The van der Waals surface area contributed by atoms with Crippen molar-refractivity contribution < 1.29 is 4.74 Å². The van der Waals surface area contributed by atoms with Gasteiger partial charge in [0.2, 0.25) is 0 Å². The first-order chi connectivity index (χ1) is 10.9. The molecule has 0 saturated carbocycles. The molecular formula is C18H28BrN3O. The highest BCUT2D eigenvalue weighted by molar-refractivity contribution is 9.11. The molecule has 4 nitrogen and oxygen atoms in total. The molecule has 0 aromatic rings. The Bertz CT molecular complexity index is 521. The molecule has 0 fully saturated rings. The van der Waals surface area contributed by atoms with Crippen LogP contribution in [0, 0.1) is 16.7 Å². The summed E-state index contributed by atoms with van der Waals surface area (Å²) in [5.41, 5.74) is -0.00704. The summed E-state index contributed by atoms with van der Waals surface area (Å²) in [7, 11) is 1.90. The lowest BCUT2D eigenvalue weighted by Crippen LogP contribution is -2.44. The average Bonchev–Trinajstić information content (AvgIpc) is 2.77. The second-order valence-electron chi connectivity index (χ2n) is 6.05. The Balaban J connectivity index is 3.04. The molecule has 128 valence electrons. The van der Waals surface area contributed by atoms with Crippen molar-refractivity contribution in [2.24, 2.45) is 10.4 Å². The Morgan fingerprint density at radius 3 is 2.70 bits per heavy atom. The van der Waals surface area contributed by atoms with Crippen LogP contribution in [0.1, 0.15) is 52.9 Å². The largest absolute Gasteiger partial charge is 0.361 e. The third kappa shape index (κ3) is 5.56. The van der Waals surface area contributed by atoms with Crippen molar-refractivity contribution in [2.75, 3.05) is 13.7 Å². The van der Waals surface area contributed by atoms with Gasteiger partial charge in [-0.1, -0.05) is 25.5 Å². The fourth-order valence-electron chi connectivity index (χ4n) is 2.89. The zero-order chi connectivity index (χ0) is 17.3. The lowest BCUT2D eigenvalue weighted by atomic mass is 9.74. The van der Waals surface area contributed by atoms with Crippen LogP contribution >= 0.6 is 15.9 Å². The van der Waals surface area contributed by atoms with Gasteiger partial charge in [0.05, 0.1) is 11.5 Å². The maximum Gasteiger partial charge on any atom is 0.116 e. The summed E-state index contributed by atoms with van der Waals surface area (Å²) in [6.07, 6.45) is 9.81. The van der Waals surface area contributed by atoms with Crippen molar-refractivity contribution in [3.63, 3.8) is 0 Å². The quantitative estimate of drug-likeness (QED) is 0.589. The van der Waals surface area contributed by atoms with E-state index in [0.717, 1.165) is 35.9 Å². The second-order valence-corrected chi connectivity index (χ2v) is 6.97. The van der Waals surface area contributed by atoms with Crippen molar-refractivity contribution in [2.45, 2.75) is 58.6 Å². The first-order valence-corrected chi connectivity index (χ1v) is 9.08. The van der Waals surface area contributed by atoms with Crippen molar-refractivity contribution >= 4 is 21.6 Å². The average molecular weight is 382 g/mol. The lowest BCUT2D eigenvalue weighted by Gasteiger charge is -2.34. The maximum absolute atomic E-state index is 9.97. The van der Waals surface area contributed by atoms with Gasteiger partial charge < -0.3 is 4.74 Å². The number of nitrogens with zero attached hydrogens (tertiary/aromatic N) is 2. The van der Waals surface area contributed by atoms with Gasteiger partial charge in [-0.2, -0.15) is 5.26 Å². The van der Waals surface area contributed by atoms with E-state index in [1.54, 1.807) is 6.20 Å². The number of rotatable bonds is 9. The Hall–Kier alpha value is -0.960. The molecular weight excluding hydrogens is 354 g/mol. The molecule has 0 spiro atoms. The second kappa shape index (κ2) is 9.36. The number of hydrogen-bond acceptors (Lipinski definition) is 4. The molecule has 0 amide bonds. The number of nitriles is 1. The van der Waals surface area contributed by atoms with Crippen molar-refractivity contribution in [1.82, 2.24) is 5.32 Å². The van der Waals surface area contributed by atoms with Gasteiger partial charge in [0.1, 0.15) is 5.72 Å². The van der Waals surface area contributed by atoms with E-state index >= 15 is 0 Å². The molecule has 2 atom stereocenters. The Labute approximate surface area is 148 Å². The smallest absolute Gasteiger partial charge is 0.116 e. The van der Waals surface area contributed by atoms with Gasteiger partial charge in [0.15, 0.2) is 0 Å². The fraction of sp³-hybridized carbons (Fsp3) is 0.667. The van der Waals surface area contributed by atoms with Gasteiger partial charge >= 0.3 is 0 Å². The molecule has 0 aromatic carbocycles. The predicted octanol–water partition coefficient (Wildman–Crippen LogP) is 4.69. The first kappa shape index (κ1) is 20.1. The first-order valence-electron chi connectivity index (χ1n) is 8.28. The monoisotopic (exact) mass is 381 g/mol. The summed E-state index contributed by atoms with van der Waals surface area (Å²) in [5, 5.41) is 13.2. The van der Waals surface area contributed by atoms with Gasteiger partial charge in [-0.3, -0.25) is 10.3 Å². The van der Waals surface area contributed by atoms with Gasteiger partial charge in [0.25, 0.3) is 0 Å². The highest BCUT2D eigenvalue weighted by Crippen LogP contribution is 2.36. The molecule has 2 unspecified atom stereocenters. The van der Waals surface area contributed by atoms with E-state index in [-0.39, 0.29) is 0 Å². The third-order valence-electron chi connectivity index (χ3n) is 4.40. The SMILES string of the molecule is CCCC(C#N)(CCC(C)(NC)OCC)C1=NC=C(Br)C=CC1. The fourth-order valence-corrected chi connectivity index (χ4v) is 3.18. The summed E-state index contributed by atoms with van der Waals surface area (Å²) >= 11 is 3.45. The predicted molar refractivity (Wildman–Crippen MR) is 99.5 cm³/mol. The molecule has 23 heavy (non-hydrogen) atoms. The number of ether oxygens (including phenoxy) is 1. The molecule has 0 aliphatic carbocycles. The summed E-state index contributed by atoms with van der Waals surface area (Å²) in [6, 6.07) is 2.58. The molecule has 0 bridgehead atoms.